The summed E-state index contributed by atoms with van der Waals surface area (Å²) in [7, 11) is 0. The highest BCUT2D eigenvalue weighted by atomic mass is 32.1. The lowest BCUT2D eigenvalue weighted by molar-refractivity contribution is -0.157. The molecule has 1 N–H and O–H groups in total. The number of aryl methyl sites for hydroxylation is 1. The summed E-state index contributed by atoms with van der Waals surface area (Å²) >= 11 is 1.50. The molecular formula is C14H19NO3S. The minimum absolute atomic E-state index is 0.0401. The van der Waals surface area contributed by atoms with Gasteiger partial charge in [-0.3, -0.25) is 4.79 Å². The van der Waals surface area contributed by atoms with E-state index in [0.29, 0.717) is 13.2 Å². The van der Waals surface area contributed by atoms with Gasteiger partial charge in [0.25, 0.3) is 5.91 Å². The van der Waals surface area contributed by atoms with Gasteiger partial charge in [0, 0.05) is 6.04 Å². The van der Waals surface area contributed by atoms with Crippen LogP contribution in [0.25, 0.3) is 0 Å². The van der Waals surface area contributed by atoms with E-state index < -0.39 is 0 Å². The fraction of sp³-hybridized carbons (Fsp3) is 0.643. The zero-order chi connectivity index (χ0) is 13.2. The molecule has 1 amide bonds. The smallest absolute Gasteiger partial charge is 0.261 e. The molecule has 1 aliphatic heterocycles. The van der Waals surface area contributed by atoms with Crippen molar-refractivity contribution in [2.24, 2.45) is 0 Å². The molecule has 2 fully saturated rings. The van der Waals surface area contributed by atoms with Gasteiger partial charge < -0.3 is 14.8 Å². The second kappa shape index (κ2) is 5.61. The highest BCUT2D eigenvalue weighted by molar-refractivity contribution is 7.12. The van der Waals surface area contributed by atoms with Crippen molar-refractivity contribution in [2.45, 2.75) is 44.4 Å². The van der Waals surface area contributed by atoms with E-state index in [9.17, 15) is 4.79 Å². The topological polar surface area (TPSA) is 47.6 Å². The fourth-order valence-corrected chi connectivity index (χ4v) is 3.61. The third-order valence-electron chi connectivity index (χ3n) is 3.77. The molecule has 3 atom stereocenters. The lowest BCUT2D eigenvalue weighted by Crippen LogP contribution is -2.49. The molecule has 3 rings (SSSR count). The Kier molecular flexibility index (Phi) is 3.86. The number of hydrogen-bond acceptors (Lipinski definition) is 4. The van der Waals surface area contributed by atoms with E-state index in [2.05, 4.69) is 5.32 Å². The summed E-state index contributed by atoms with van der Waals surface area (Å²) in [5.41, 5.74) is 1.14. The molecule has 0 aromatic carbocycles. The Balaban J connectivity index is 1.57. The van der Waals surface area contributed by atoms with Gasteiger partial charge in [0.05, 0.1) is 30.3 Å². The maximum absolute atomic E-state index is 12.1. The maximum atomic E-state index is 12.1. The summed E-state index contributed by atoms with van der Waals surface area (Å²) in [6.07, 6.45) is 3.18. The van der Waals surface area contributed by atoms with Crippen LogP contribution < -0.4 is 5.32 Å². The monoisotopic (exact) mass is 281 g/mol. The quantitative estimate of drug-likeness (QED) is 0.903. The predicted molar refractivity (Wildman–Crippen MR) is 73.6 cm³/mol. The standard InChI is InChI=1S/C14H19NO3S/c1-9-6-13(19-8-9)14(16)15-10-2-3-11-12(7-10)18-5-4-17-11/h6,8,10-12H,2-5,7H2,1H3,(H,15,16). The molecule has 1 aliphatic carbocycles. The van der Waals surface area contributed by atoms with Gasteiger partial charge in [-0.2, -0.15) is 0 Å². The molecule has 19 heavy (non-hydrogen) atoms. The van der Waals surface area contributed by atoms with Crippen LogP contribution in [0.5, 0.6) is 0 Å². The van der Waals surface area contributed by atoms with Crippen LogP contribution in [-0.4, -0.2) is 37.4 Å². The summed E-state index contributed by atoms with van der Waals surface area (Å²) < 4.78 is 11.4. The second-order valence-corrected chi connectivity index (χ2v) is 6.20. The van der Waals surface area contributed by atoms with E-state index in [1.165, 1.54) is 11.3 Å². The summed E-state index contributed by atoms with van der Waals surface area (Å²) in [5.74, 6) is 0.0401. The minimum atomic E-state index is 0.0401. The van der Waals surface area contributed by atoms with Crippen LogP contribution in [0.1, 0.15) is 34.5 Å². The van der Waals surface area contributed by atoms with E-state index in [1.54, 1.807) is 0 Å². The zero-order valence-corrected chi connectivity index (χ0v) is 11.9. The molecule has 0 spiro atoms. The SMILES string of the molecule is Cc1csc(C(=O)NC2CCC3OCCOC3C2)c1. The fourth-order valence-electron chi connectivity index (χ4n) is 2.80. The lowest BCUT2D eigenvalue weighted by atomic mass is 9.89. The molecule has 2 aliphatic rings. The summed E-state index contributed by atoms with van der Waals surface area (Å²) in [5, 5.41) is 5.12. The van der Waals surface area contributed by atoms with Gasteiger partial charge in [-0.05, 0) is 43.2 Å². The van der Waals surface area contributed by atoms with Crippen molar-refractivity contribution in [3.05, 3.63) is 21.9 Å². The van der Waals surface area contributed by atoms with Crippen molar-refractivity contribution in [2.75, 3.05) is 13.2 Å². The average molecular weight is 281 g/mol. The maximum Gasteiger partial charge on any atom is 0.261 e. The molecule has 1 saturated heterocycles. The van der Waals surface area contributed by atoms with Crippen molar-refractivity contribution in [3.63, 3.8) is 0 Å². The van der Waals surface area contributed by atoms with E-state index in [0.717, 1.165) is 29.7 Å². The number of fused-ring (bicyclic) bond motifs is 1. The van der Waals surface area contributed by atoms with Gasteiger partial charge in [0.2, 0.25) is 0 Å². The molecule has 5 heteroatoms. The number of amides is 1. The Morgan fingerprint density at radius 3 is 2.84 bits per heavy atom. The first-order valence-electron chi connectivity index (χ1n) is 6.81. The Labute approximate surface area is 117 Å². The summed E-state index contributed by atoms with van der Waals surface area (Å²) in [6, 6.07) is 2.14. The number of hydrogen-bond donors (Lipinski definition) is 1. The third-order valence-corrected chi connectivity index (χ3v) is 4.81. The van der Waals surface area contributed by atoms with Crippen LogP contribution in [-0.2, 0) is 9.47 Å². The Hall–Kier alpha value is -0.910. The Morgan fingerprint density at radius 2 is 2.11 bits per heavy atom. The number of ether oxygens (including phenoxy) is 2. The number of nitrogens with one attached hydrogen (secondary N) is 1. The highest BCUT2D eigenvalue weighted by Crippen LogP contribution is 2.27. The Morgan fingerprint density at radius 1 is 1.32 bits per heavy atom. The van der Waals surface area contributed by atoms with Crippen LogP contribution in [0, 0.1) is 6.92 Å². The first-order chi connectivity index (χ1) is 9.22. The van der Waals surface area contributed by atoms with Crippen LogP contribution in [0.4, 0.5) is 0 Å². The number of carbonyl (C=O) groups is 1. The second-order valence-electron chi connectivity index (χ2n) is 5.29. The molecule has 2 heterocycles. The number of carbonyl (C=O) groups excluding carboxylic acids is 1. The van der Waals surface area contributed by atoms with E-state index in [4.69, 9.17) is 9.47 Å². The average Bonchev–Trinajstić information content (AvgIpc) is 2.85. The summed E-state index contributed by atoms with van der Waals surface area (Å²) in [6.45, 7) is 3.38. The van der Waals surface area contributed by atoms with Gasteiger partial charge in [0.15, 0.2) is 0 Å². The molecule has 4 nitrogen and oxygen atoms in total. The molecule has 104 valence electrons. The van der Waals surface area contributed by atoms with Crippen molar-refractivity contribution >= 4 is 17.2 Å². The third kappa shape index (κ3) is 2.99. The molecule has 3 unspecified atom stereocenters. The number of thiophene rings is 1. The van der Waals surface area contributed by atoms with Crippen molar-refractivity contribution in [1.82, 2.24) is 5.32 Å². The zero-order valence-electron chi connectivity index (χ0n) is 11.1. The van der Waals surface area contributed by atoms with E-state index in [-0.39, 0.29) is 24.2 Å². The van der Waals surface area contributed by atoms with Gasteiger partial charge in [-0.15, -0.1) is 11.3 Å². The van der Waals surface area contributed by atoms with Crippen LogP contribution in [0.15, 0.2) is 11.4 Å². The molecule has 1 aromatic heterocycles. The van der Waals surface area contributed by atoms with Crippen LogP contribution in [0.3, 0.4) is 0 Å². The molecule has 0 radical (unpaired) electrons. The van der Waals surface area contributed by atoms with Gasteiger partial charge >= 0.3 is 0 Å². The number of rotatable bonds is 2. The minimum Gasteiger partial charge on any atom is -0.373 e. The first-order valence-corrected chi connectivity index (χ1v) is 7.69. The van der Waals surface area contributed by atoms with Gasteiger partial charge in [-0.25, -0.2) is 0 Å². The largest absolute Gasteiger partial charge is 0.373 e. The van der Waals surface area contributed by atoms with Gasteiger partial charge in [0.1, 0.15) is 0 Å². The lowest BCUT2D eigenvalue weighted by Gasteiger charge is -2.39. The van der Waals surface area contributed by atoms with E-state index in [1.807, 2.05) is 18.4 Å². The van der Waals surface area contributed by atoms with E-state index >= 15 is 0 Å². The highest BCUT2D eigenvalue weighted by Gasteiger charge is 2.34. The van der Waals surface area contributed by atoms with Crippen molar-refractivity contribution < 1.29 is 14.3 Å². The molecule has 1 saturated carbocycles. The van der Waals surface area contributed by atoms with Crippen LogP contribution >= 0.6 is 11.3 Å². The van der Waals surface area contributed by atoms with Gasteiger partial charge in [-0.1, -0.05) is 0 Å². The predicted octanol–water partition coefficient (Wildman–Crippen LogP) is 2.12. The summed E-state index contributed by atoms with van der Waals surface area (Å²) in [4.78, 5) is 12.9. The van der Waals surface area contributed by atoms with Crippen molar-refractivity contribution in [3.8, 4) is 0 Å². The first kappa shape index (κ1) is 13.1. The molecule has 0 bridgehead atoms. The molecular weight excluding hydrogens is 262 g/mol. The normalized spacial score (nSPS) is 30.7. The Bertz CT molecular complexity index is 459. The molecule has 1 aromatic rings. The van der Waals surface area contributed by atoms with Crippen molar-refractivity contribution in [1.29, 1.82) is 0 Å². The van der Waals surface area contributed by atoms with Crippen LogP contribution in [0.2, 0.25) is 0 Å².